The molecule has 1 nitrogen and oxygen atoms in total. The molecule has 1 aliphatic heterocycles. The van der Waals surface area contributed by atoms with E-state index in [4.69, 9.17) is 0 Å². The Morgan fingerprint density at radius 3 is 2.23 bits per heavy atom. The second kappa shape index (κ2) is 5.52. The fourth-order valence-corrected chi connectivity index (χ4v) is 4.36. The zero-order valence-electron chi connectivity index (χ0n) is 8.21. The van der Waals surface area contributed by atoms with Crippen LogP contribution in [0.2, 0.25) is 0 Å². The largest absolute Gasteiger partial charge is 0.301 e. The van der Waals surface area contributed by atoms with E-state index in [0.29, 0.717) is 0 Å². The van der Waals surface area contributed by atoms with Crippen LogP contribution < -0.4 is 0 Å². The fourth-order valence-electron chi connectivity index (χ4n) is 2.30. The molecule has 0 spiro atoms. The first-order valence-electron chi connectivity index (χ1n) is 5.42. The van der Waals surface area contributed by atoms with Gasteiger partial charge in [-0.2, -0.15) is 0 Å². The Hall–Kier alpha value is 0.660. The SMILES string of the molecule is C1CCC(CN2CCSSCC2)C1. The zero-order valence-corrected chi connectivity index (χ0v) is 9.84. The Labute approximate surface area is 89.4 Å². The van der Waals surface area contributed by atoms with Crippen LogP contribution in [-0.4, -0.2) is 36.0 Å². The minimum atomic E-state index is 1.04. The average molecular weight is 217 g/mol. The number of rotatable bonds is 2. The summed E-state index contributed by atoms with van der Waals surface area (Å²) < 4.78 is 0. The van der Waals surface area contributed by atoms with Crippen molar-refractivity contribution in [3.63, 3.8) is 0 Å². The van der Waals surface area contributed by atoms with E-state index in [-0.39, 0.29) is 0 Å². The topological polar surface area (TPSA) is 3.24 Å². The van der Waals surface area contributed by atoms with Crippen LogP contribution in [0.1, 0.15) is 25.7 Å². The third-order valence-electron chi connectivity index (χ3n) is 3.06. The lowest BCUT2D eigenvalue weighted by Crippen LogP contribution is -2.31. The summed E-state index contributed by atoms with van der Waals surface area (Å²) in [6, 6.07) is 0. The predicted molar refractivity (Wildman–Crippen MR) is 63.3 cm³/mol. The van der Waals surface area contributed by atoms with Gasteiger partial charge in [-0.05, 0) is 18.8 Å². The van der Waals surface area contributed by atoms with Gasteiger partial charge >= 0.3 is 0 Å². The highest BCUT2D eigenvalue weighted by Gasteiger charge is 2.19. The lowest BCUT2D eigenvalue weighted by molar-refractivity contribution is 0.259. The van der Waals surface area contributed by atoms with Crippen LogP contribution in [-0.2, 0) is 0 Å². The van der Waals surface area contributed by atoms with Crippen molar-refractivity contribution in [3.05, 3.63) is 0 Å². The monoisotopic (exact) mass is 217 g/mol. The Bertz CT molecular complexity index is 138. The summed E-state index contributed by atoms with van der Waals surface area (Å²) in [5.41, 5.74) is 0. The van der Waals surface area contributed by atoms with Crippen molar-refractivity contribution in [3.8, 4) is 0 Å². The van der Waals surface area contributed by atoms with E-state index in [1.54, 1.807) is 0 Å². The van der Waals surface area contributed by atoms with E-state index in [1.165, 1.54) is 56.8 Å². The molecule has 0 bridgehead atoms. The van der Waals surface area contributed by atoms with E-state index >= 15 is 0 Å². The van der Waals surface area contributed by atoms with Gasteiger partial charge in [0, 0.05) is 31.1 Å². The minimum absolute atomic E-state index is 1.04. The maximum absolute atomic E-state index is 2.68. The van der Waals surface area contributed by atoms with Crippen molar-refractivity contribution in [2.24, 2.45) is 5.92 Å². The second-order valence-electron chi connectivity index (χ2n) is 4.10. The van der Waals surface area contributed by atoms with Gasteiger partial charge in [0.25, 0.3) is 0 Å². The molecular weight excluding hydrogens is 198 g/mol. The molecule has 2 fully saturated rings. The van der Waals surface area contributed by atoms with Crippen molar-refractivity contribution in [1.29, 1.82) is 0 Å². The molecule has 1 aliphatic carbocycles. The quantitative estimate of drug-likeness (QED) is 0.655. The van der Waals surface area contributed by atoms with Crippen LogP contribution in [0.3, 0.4) is 0 Å². The van der Waals surface area contributed by atoms with Gasteiger partial charge in [-0.1, -0.05) is 34.4 Å². The second-order valence-corrected chi connectivity index (χ2v) is 6.80. The van der Waals surface area contributed by atoms with E-state index in [0.717, 1.165) is 5.92 Å². The van der Waals surface area contributed by atoms with Crippen LogP contribution in [0, 0.1) is 5.92 Å². The Morgan fingerprint density at radius 2 is 1.62 bits per heavy atom. The van der Waals surface area contributed by atoms with Crippen LogP contribution in [0.25, 0.3) is 0 Å². The Balaban J connectivity index is 1.71. The van der Waals surface area contributed by atoms with Crippen molar-refractivity contribution < 1.29 is 0 Å². The summed E-state index contributed by atoms with van der Waals surface area (Å²) in [4.78, 5) is 2.68. The Kier molecular flexibility index (Phi) is 4.32. The average Bonchev–Trinajstić information content (AvgIpc) is 2.49. The highest BCUT2D eigenvalue weighted by molar-refractivity contribution is 8.76. The summed E-state index contributed by atoms with van der Waals surface area (Å²) in [6.07, 6.45) is 5.97. The van der Waals surface area contributed by atoms with Gasteiger partial charge in [-0.15, -0.1) is 0 Å². The van der Waals surface area contributed by atoms with Crippen LogP contribution >= 0.6 is 21.6 Å². The maximum atomic E-state index is 2.68. The first-order chi connectivity index (χ1) is 6.45. The molecule has 1 heterocycles. The molecule has 0 atom stereocenters. The van der Waals surface area contributed by atoms with Crippen molar-refractivity contribution in [2.75, 3.05) is 31.1 Å². The number of hydrogen-bond acceptors (Lipinski definition) is 3. The van der Waals surface area contributed by atoms with Gasteiger partial charge in [0.2, 0.25) is 0 Å². The molecule has 2 aliphatic rings. The molecular formula is C10H19NS2. The van der Waals surface area contributed by atoms with Gasteiger partial charge in [0.1, 0.15) is 0 Å². The van der Waals surface area contributed by atoms with Crippen LogP contribution in [0.15, 0.2) is 0 Å². The van der Waals surface area contributed by atoms with E-state index in [1.807, 2.05) is 0 Å². The van der Waals surface area contributed by atoms with Gasteiger partial charge in [0.05, 0.1) is 0 Å². The standard InChI is InChI=1S/C10H19NS2/c1-2-4-10(3-1)9-11-5-7-12-13-8-6-11/h10H,1-9H2. The lowest BCUT2D eigenvalue weighted by Gasteiger charge is -2.22. The van der Waals surface area contributed by atoms with Gasteiger partial charge in [-0.25, -0.2) is 0 Å². The molecule has 3 heteroatoms. The molecule has 0 aromatic rings. The van der Waals surface area contributed by atoms with E-state index in [2.05, 4.69) is 26.5 Å². The first kappa shape index (κ1) is 10.2. The van der Waals surface area contributed by atoms with Gasteiger partial charge < -0.3 is 4.90 Å². The summed E-state index contributed by atoms with van der Waals surface area (Å²) in [5.74, 6) is 3.70. The Morgan fingerprint density at radius 1 is 1.00 bits per heavy atom. The highest BCUT2D eigenvalue weighted by atomic mass is 33.1. The molecule has 0 aromatic heterocycles. The van der Waals surface area contributed by atoms with E-state index in [9.17, 15) is 0 Å². The molecule has 0 radical (unpaired) electrons. The van der Waals surface area contributed by atoms with Gasteiger partial charge in [-0.3, -0.25) is 0 Å². The lowest BCUT2D eigenvalue weighted by atomic mass is 10.1. The third kappa shape index (κ3) is 3.37. The molecule has 0 aromatic carbocycles. The maximum Gasteiger partial charge on any atom is 0.0165 e. The van der Waals surface area contributed by atoms with Crippen molar-refractivity contribution >= 4 is 21.6 Å². The third-order valence-corrected chi connectivity index (χ3v) is 5.42. The predicted octanol–water partition coefficient (Wildman–Crippen LogP) is 2.87. The highest BCUT2D eigenvalue weighted by Crippen LogP contribution is 2.28. The number of hydrogen-bond donors (Lipinski definition) is 0. The molecule has 1 saturated carbocycles. The molecule has 2 rings (SSSR count). The normalized spacial score (nSPS) is 27.7. The van der Waals surface area contributed by atoms with E-state index < -0.39 is 0 Å². The summed E-state index contributed by atoms with van der Waals surface area (Å²) in [6.45, 7) is 4.05. The molecule has 13 heavy (non-hydrogen) atoms. The molecule has 1 saturated heterocycles. The summed E-state index contributed by atoms with van der Waals surface area (Å²) in [5, 5.41) is 0. The zero-order chi connectivity index (χ0) is 8.93. The van der Waals surface area contributed by atoms with Crippen LogP contribution in [0.5, 0.6) is 0 Å². The van der Waals surface area contributed by atoms with Gasteiger partial charge in [0.15, 0.2) is 0 Å². The van der Waals surface area contributed by atoms with Crippen molar-refractivity contribution in [2.45, 2.75) is 25.7 Å². The van der Waals surface area contributed by atoms with Crippen molar-refractivity contribution in [1.82, 2.24) is 4.90 Å². The fraction of sp³-hybridized carbons (Fsp3) is 1.00. The minimum Gasteiger partial charge on any atom is -0.301 e. The number of nitrogens with zero attached hydrogens (tertiary/aromatic N) is 1. The molecule has 76 valence electrons. The summed E-state index contributed by atoms with van der Waals surface area (Å²) in [7, 11) is 4.10. The first-order valence-corrected chi connectivity index (χ1v) is 7.91. The molecule has 0 amide bonds. The summed E-state index contributed by atoms with van der Waals surface area (Å²) >= 11 is 0. The smallest absolute Gasteiger partial charge is 0.0165 e. The van der Waals surface area contributed by atoms with Crippen LogP contribution in [0.4, 0.5) is 0 Å². The molecule has 0 unspecified atom stereocenters. The molecule has 0 N–H and O–H groups in total.